The summed E-state index contributed by atoms with van der Waals surface area (Å²) in [4.78, 5) is 0. The molecule has 0 aliphatic rings. The van der Waals surface area contributed by atoms with Gasteiger partial charge in [0, 0.05) is 17.6 Å². The molecule has 0 radical (unpaired) electrons. The van der Waals surface area contributed by atoms with Gasteiger partial charge in [0.25, 0.3) is 0 Å². The molecule has 0 atom stereocenters. The minimum atomic E-state index is 0.104. The van der Waals surface area contributed by atoms with Gasteiger partial charge in [0.2, 0.25) is 0 Å². The Morgan fingerprint density at radius 3 is 2.33 bits per heavy atom. The number of hydrogen-bond acceptors (Lipinski definition) is 3. The Balaban J connectivity index is 3.09. The van der Waals surface area contributed by atoms with Crippen molar-refractivity contribution in [1.29, 1.82) is 0 Å². The minimum absolute atomic E-state index is 0.104. The molecule has 1 aromatic rings. The Hall–Kier alpha value is -1.48. The van der Waals surface area contributed by atoms with Crippen LogP contribution >= 0.6 is 0 Å². The highest BCUT2D eigenvalue weighted by Crippen LogP contribution is 2.27. The second-order valence-electron chi connectivity index (χ2n) is 6.59. The molecule has 0 aliphatic carbocycles. The van der Waals surface area contributed by atoms with Crippen LogP contribution in [-0.4, -0.2) is 26.3 Å². The van der Waals surface area contributed by atoms with Crippen molar-refractivity contribution < 1.29 is 9.47 Å². The fraction of sp³-hybridized carbons (Fsp3) is 0.556. The van der Waals surface area contributed by atoms with E-state index in [0.717, 1.165) is 23.6 Å². The van der Waals surface area contributed by atoms with Crippen LogP contribution in [0.15, 0.2) is 23.8 Å². The van der Waals surface area contributed by atoms with Crippen LogP contribution in [-0.2, 0) is 0 Å². The number of hydrogen-bond donors (Lipinski definition) is 1. The molecule has 1 N–H and O–H groups in total. The summed E-state index contributed by atoms with van der Waals surface area (Å²) in [6.07, 6.45) is 2.20. The third kappa shape index (κ3) is 5.80. The summed E-state index contributed by atoms with van der Waals surface area (Å²) in [6.45, 7) is 11.8. The molecule has 0 saturated heterocycles. The zero-order chi connectivity index (χ0) is 16.0. The fourth-order valence-corrected chi connectivity index (χ4v) is 1.94. The molecule has 3 nitrogen and oxygen atoms in total. The number of benzene rings is 1. The molecule has 0 aromatic heterocycles. The third-order valence-electron chi connectivity index (χ3n) is 3.34. The van der Waals surface area contributed by atoms with Crippen molar-refractivity contribution in [1.82, 2.24) is 5.32 Å². The predicted molar refractivity (Wildman–Crippen MR) is 90.1 cm³/mol. The van der Waals surface area contributed by atoms with E-state index in [9.17, 15) is 0 Å². The lowest BCUT2D eigenvalue weighted by Crippen LogP contribution is -2.37. The highest BCUT2D eigenvalue weighted by atomic mass is 16.5. The second kappa shape index (κ2) is 7.51. The van der Waals surface area contributed by atoms with Crippen molar-refractivity contribution >= 4 is 6.08 Å². The van der Waals surface area contributed by atoms with E-state index in [1.165, 1.54) is 5.57 Å². The quantitative estimate of drug-likeness (QED) is 0.855. The van der Waals surface area contributed by atoms with Crippen LogP contribution < -0.4 is 14.8 Å². The van der Waals surface area contributed by atoms with Gasteiger partial charge in [0.05, 0.1) is 14.2 Å². The van der Waals surface area contributed by atoms with Gasteiger partial charge < -0.3 is 14.8 Å². The van der Waals surface area contributed by atoms with Gasteiger partial charge in [-0.1, -0.05) is 25.5 Å². The summed E-state index contributed by atoms with van der Waals surface area (Å²) in [6, 6.07) is 5.87. The maximum Gasteiger partial charge on any atom is 0.126 e. The smallest absolute Gasteiger partial charge is 0.126 e. The number of methoxy groups -OCH3 is 2. The van der Waals surface area contributed by atoms with Crippen molar-refractivity contribution in [3.8, 4) is 11.5 Å². The van der Waals surface area contributed by atoms with Crippen molar-refractivity contribution in [2.45, 2.75) is 40.2 Å². The van der Waals surface area contributed by atoms with Gasteiger partial charge in [0.15, 0.2) is 0 Å². The molecular formula is C18H29NO2. The van der Waals surface area contributed by atoms with Gasteiger partial charge in [-0.3, -0.25) is 0 Å². The van der Waals surface area contributed by atoms with E-state index in [1.807, 2.05) is 18.2 Å². The van der Waals surface area contributed by atoms with E-state index in [0.29, 0.717) is 5.92 Å². The lowest BCUT2D eigenvalue weighted by molar-refractivity contribution is 0.402. The minimum Gasteiger partial charge on any atom is -0.497 e. The predicted octanol–water partition coefficient (Wildman–Crippen LogP) is 4.13. The Kier molecular flexibility index (Phi) is 6.28. The molecule has 0 aliphatic heterocycles. The van der Waals surface area contributed by atoms with Crippen molar-refractivity contribution in [3.63, 3.8) is 0 Å². The summed E-state index contributed by atoms with van der Waals surface area (Å²) >= 11 is 0. The van der Waals surface area contributed by atoms with Gasteiger partial charge in [-0.05, 0) is 44.9 Å². The SMILES string of the molecule is COc1ccc(OC)c(C=C(CNC(C)(C)C)C(C)C)c1. The largest absolute Gasteiger partial charge is 0.497 e. The highest BCUT2D eigenvalue weighted by molar-refractivity contribution is 5.62. The van der Waals surface area contributed by atoms with Gasteiger partial charge in [-0.15, -0.1) is 0 Å². The molecule has 0 bridgehead atoms. The number of rotatable bonds is 6. The summed E-state index contributed by atoms with van der Waals surface area (Å²) < 4.78 is 10.8. The topological polar surface area (TPSA) is 30.5 Å². The first-order chi connectivity index (χ1) is 9.76. The van der Waals surface area contributed by atoms with Gasteiger partial charge in [0.1, 0.15) is 11.5 Å². The summed E-state index contributed by atoms with van der Waals surface area (Å²) in [5.41, 5.74) is 2.50. The molecule has 0 unspecified atom stereocenters. The molecule has 1 aromatic carbocycles. The molecule has 0 fully saturated rings. The van der Waals surface area contributed by atoms with Crippen molar-refractivity contribution in [3.05, 3.63) is 29.3 Å². The number of ether oxygens (including phenoxy) is 2. The van der Waals surface area contributed by atoms with Crippen LogP contribution in [0.5, 0.6) is 11.5 Å². The standard InChI is InChI=1S/C18H29NO2/c1-13(2)15(12-19-18(3,4)5)10-14-11-16(20-6)8-9-17(14)21-7/h8-11,13,19H,12H2,1-7H3. The van der Waals surface area contributed by atoms with Gasteiger partial charge in [-0.2, -0.15) is 0 Å². The Morgan fingerprint density at radius 2 is 1.86 bits per heavy atom. The van der Waals surface area contributed by atoms with Crippen LogP contribution in [0.1, 0.15) is 40.2 Å². The average molecular weight is 291 g/mol. The first-order valence-corrected chi connectivity index (χ1v) is 7.44. The summed E-state index contributed by atoms with van der Waals surface area (Å²) in [5, 5.41) is 3.55. The van der Waals surface area contributed by atoms with Crippen LogP contribution in [0, 0.1) is 5.92 Å². The van der Waals surface area contributed by atoms with Gasteiger partial charge in [-0.25, -0.2) is 0 Å². The molecule has 1 rings (SSSR count). The van der Waals surface area contributed by atoms with E-state index in [2.05, 4.69) is 46.0 Å². The molecule has 118 valence electrons. The maximum absolute atomic E-state index is 5.45. The highest BCUT2D eigenvalue weighted by Gasteiger charge is 2.12. The van der Waals surface area contributed by atoms with Crippen LogP contribution in [0.2, 0.25) is 0 Å². The summed E-state index contributed by atoms with van der Waals surface area (Å²) in [5.74, 6) is 2.18. The van der Waals surface area contributed by atoms with Crippen molar-refractivity contribution in [2.24, 2.45) is 5.92 Å². The van der Waals surface area contributed by atoms with Crippen LogP contribution in [0.25, 0.3) is 6.08 Å². The zero-order valence-corrected chi connectivity index (χ0v) is 14.4. The Morgan fingerprint density at radius 1 is 1.19 bits per heavy atom. The molecule has 0 amide bonds. The van der Waals surface area contributed by atoms with E-state index in [4.69, 9.17) is 9.47 Å². The molecular weight excluding hydrogens is 262 g/mol. The molecule has 3 heteroatoms. The molecule has 0 heterocycles. The lowest BCUT2D eigenvalue weighted by Gasteiger charge is -2.23. The average Bonchev–Trinajstić information content (AvgIpc) is 2.41. The van der Waals surface area contributed by atoms with E-state index in [-0.39, 0.29) is 5.54 Å². The third-order valence-corrected chi connectivity index (χ3v) is 3.34. The monoisotopic (exact) mass is 291 g/mol. The first kappa shape index (κ1) is 17.6. The summed E-state index contributed by atoms with van der Waals surface area (Å²) in [7, 11) is 3.38. The maximum atomic E-state index is 5.45. The van der Waals surface area contributed by atoms with Gasteiger partial charge >= 0.3 is 0 Å². The number of nitrogens with one attached hydrogen (secondary N) is 1. The molecule has 21 heavy (non-hydrogen) atoms. The fourth-order valence-electron chi connectivity index (χ4n) is 1.94. The zero-order valence-electron chi connectivity index (χ0n) is 14.4. The van der Waals surface area contributed by atoms with Crippen LogP contribution in [0.3, 0.4) is 0 Å². The Labute approximate surface area is 129 Å². The Bertz CT molecular complexity index is 484. The normalized spacial score (nSPS) is 12.7. The molecule has 0 spiro atoms. The first-order valence-electron chi connectivity index (χ1n) is 7.44. The van der Waals surface area contributed by atoms with E-state index < -0.39 is 0 Å². The lowest BCUT2D eigenvalue weighted by atomic mass is 9.98. The van der Waals surface area contributed by atoms with Crippen LogP contribution in [0.4, 0.5) is 0 Å². The van der Waals surface area contributed by atoms with Crippen molar-refractivity contribution in [2.75, 3.05) is 20.8 Å². The van der Waals surface area contributed by atoms with E-state index >= 15 is 0 Å². The van der Waals surface area contributed by atoms with E-state index in [1.54, 1.807) is 14.2 Å². The second-order valence-corrected chi connectivity index (χ2v) is 6.59. The molecule has 0 saturated carbocycles.